The first-order chi connectivity index (χ1) is 21.5. The molecule has 7 rings (SSSR count). The Balaban J connectivity index is 1.40. The number of H-pyrrole nitrogens is 1. The first kappa shape index (κ1) is 28.4. The van der Waals surface area contributed by atoms with Gasteiger partial charge in [0.05, 0.1) is 36.0 Å². The van der Waals surface area contributed by atoms with Gasteiger partial charge in [0.2, 0.25) is 0 Å². The highest BCUT2D eigenvalue weighted by atomic mass is 35.5. The van der Waals surface area contributed by atoms with Gasteiger partial charge in [-0.1, -0.05) is 91.0 Å². The number of carbonyl (C=O) groups excluding carboxylic acids is 1. The summed E-state index contributed by atoms with van der Waals surface area (Å²) >= 11 is 12.7. The molecule has 0 saturated heterocycles. The average Bonchev–Trinajstić information content (AvgIpc) is 3.78. The highest BCUT2D eigenvalue weighted by molar-refractivity contribution is 6.31. The fourth-order valence-corrected chi connectivity index (χ4v) is 6.70. The van der Waals surface area contributed by atoms with Crippen molar-refractivity contribution < 1.29 is 4.79 Å². The lowest BCUT2D eigenvalue weighted by molar-refractivity contribution is 0.102. The van der Waals surface area contributed by atoms with Gasteiger partial charge in [-0.2, -0.15) is 5.10 Å². The molecule has 0 unspecified atom stereocenters. The van der Waals surface area contributed by atoms with Crippen molar-refractivity contribution in [3.8, 4) is 22.5 Å². The normalized spacial score (nSPS) is 14.6. The Bertz CT molecular complexity index is 1930. The van der Waals surface area contributed by atoms with Crippen LogP contribution in [-0.4, -0.2) is 30.2 Å². The molecule has 0 bridgehead atoms. The summed E-state index contributed by atoms with van der Waals surface area (Å²) in [5, 5.41) is 9.91. The maximum atomic E-state index is 14.3. The van der Waals surface area contributed by atoms with Gasteiger partial charge in [-0.05, 0) is 49.6 Å². The standard InChI is InChI=1S/C35H32Cl2N6O/c1-22(23-12-14-25(36)15-13-23)42-21-38-32(24-8-4-2-5-9-24)34(42)31-28-17-16-26(37)20-29(28)40-33(31)35(44)41-30-18-19-39-43(30)27-10-6-3-7-11-27/h2,4-5,8-9,12-22,27,40H,3,6-7,10-11H2,1H3,(H,41,44)/t22-/m0/s1. The number of hydrogen-bond acceptors (Lipinski definition) is 3. The van der Waals surface area contributed by atoms with Crippen molar-refractivity contribution in [2.24, 2.45) is 0 Å². The summed E-state index contributed by atoms with van der Waals surface area (Å²) in [6.07, 6.45) is 9.31. The number of halogens is 2. The third-order valence-corrected chi connectivity index (χ3v) is 9.15. The molecule has 7 nitrogen and oxygen atoms in total. The summed E-state index contributed by atoms with van der Waals surface area (Å²) in [6, 6.07) is 25.6. The van der Waals surface area contributed by atoms with E-state index in [0.29, 0.717) is 21.6 Å². The molecule has 3 aromatic heterocycles. The number of aromatic amines is 1. The van der Waals surface area contributed by atoms with Crippen LogP contribution >= 0.6 is 23.2 Å². The highest BCUT2D eigenvalue weighted by Crippen LogP contribution is 2.41. The van der Waals surface area contributed by atoms with Crippen LogP contribution in [0.3, 0.4) is 0 Å². The van der Waals surface area contributed by atoms with E-state index in [1.807, 2.05) is 89.9 Å². The molecular formula is C35H32Cl2N6O. The molecular weight excluding hydrogens is 591 g/mol. The van der Waals surface area contributed by atoms with Gasteiger partial charge >= 0.3 is 0 Å². The van der Waals surface area contributed by atoms with E-state index in [1.54, 1.807) is 6.20 Å². The maximum absolute atomic E-state index is 14.3. The predicted molar refractivity (Wildman–Crippen MR) is 178 cm³/mol. The number of nitrogens with one attached hydrogen (secondary N) is 2. The van der Waals surface area contributed by atoms with Crippen LogP contribution in [0.15, 0.2) is 91.4 Å². The number of fused-ring (bicyclic) bond motifs is 1. The van der Waals surface area contributed by atoms with E-state index in [1.165, 1.54) is 19.3 Å². The van der Waals surface area contributed by atoms with Crippen LogP contribution in [0.1, 0.15) is 67.2 Å². The number of anilines is 1. The predicted octanol–water partition coefficient (Wildman–Crippen LogP) is 9.57. The molecule has 1 aliphatic carbocycles. The second-order valence-electron chi connectivity index (χ2n) is 11.4. The van der Waals surface area contributed by atoms with E-state index < -0.39 is 0 Å². The van der Waals surface area contributed by atoms with Gasteiger partial charge < -0.3 is 14.9 Å². The van der Waals surface area contributed by atoms with Crippen molar-refractivity contribution in [1.82, 2.24) is 24.3 Å². The smallest absolute Gasteiger partial charge is 0.273 e. The van der Waals surface area contributed by atoms with Gasteiger partial charge in [0.1, 0.15) is 11.5 Å². The monoisotopic (exact) mass is 622 g/mol. The van der Waals surface area contributed by atoms with Gasteiger partial charge in [0, 0.05) is 38.1 Å². The summed E-state index contributed by atoms with van der Waals surface area (Å²) in [4.78, 5) is 22.6. The maximum Gasteiger partial charge on any atom is 0.273 e. The topological polar surface area (TPSA) is 80.5 Å². The Morgan fingerprint density at radius 2 is 1.70 bits per heavy atom. The number of aromatic nitrogens is 5. The minimum atomic E-state index is -0.254. The Kier molecular flexibility index (Phi) is 7.75. The van der Waals surface area contributed by atoms with E-state index in [0.717, 1.165) is 51.8 Å². The first-order valence-corrected chi connectivity index (χ1v) is 15.8. The van der Waals surface area contributed by atoms with Crippen molar-refractivity contribution in [1.29, 1.82) is 0 Å². The molecule has 0 aliphatic heterocycles. The average molecular weight is 624 g/mol. The summed E-state index contributed by atoms with van der Waals surface area (Å²) < 4.78 is 4.10. The van der Waals surface area contributed by atoms with Crippen LogP contribution < -0.4 is 5.32 Å². The number of imidazole rings is 1. The number of amides is 1. The second-order valence-corrected chi connectivity index (χ2v) is 12.3. The van der Waals surface area contributed by atoms with Crippen LogP contribution in [0.2, 0.25) is 10.0 Å². The zero-order chi connectivity index (χ0) is 30.2. The molecule has 0 radical (unpaired) electrons. The zero-order valence-electron chi connectivity index (χ0n) is 24.3. The molecule has 1 aliphatic rings. The number of nitrogens with zero attached hydrogens (tertiary/aromatic N) is 4. The summed E-state index contributed by atoms with van der Waals surface area (Å²) in [5.41, 5.74) is 5.59. The van der Waals surface area contributed by atoms with Gasteiger partial charge in [-0.15, -0.1) is 0 Å². The lowest BCUT2D eigenvalue weighted by atomic mass is 9.96. The lowest BCUT2D eigenvalue weighted by Crippen LogP contribution is -2.21. The molecule has 44 heavy (non-hydrogen) atoms. The van der Waals surface area contributed by atoms with E-state index in [9.17, 15) is 4.79 Å². The minimum absolute atomic E-state index is 0.104. The van der Waals surface area contributed by atoms with Crippen LogP contribution in [0.25, 0.3) is 33.4 Å². The van der Waals surface area contributed by atoms with E-state index >= 15 is 0 Å². The third kappa shape index (κ3) is 5.31. The van der Waals surface area contributed by atoms with Crippen molar-refractivity contribution in [3.63, 3.8) is 0 Å². The van der Waals surface area contributed by atoms with E-state index in [-0.39, 0.29) is 18.0 Å². The minimum Gasteiger partial charge on any atom is -0.350 e. The van der Waals surface area contributed by atoms with Gasteiger partial charge in [-0.25, -0.2) is 9.67 Å². The zero-order valence-corrected chi connectivity index (χ0v) is 25.8. The van der Waals surface area contributed by atoms with Crippen molar-refractivity contribution in [2.45, 2.75) is 51.1 Å². The highest BCUT2D eigenvalue weighted by Gasteiger charge is 2.28. The SMILES string of the molecule is C[C@@H](c1ccc(Cl)cc1)n1cnc(-c2ccccc2)c1-c1c(C(=O)Nc2ccnn2C2CCCCC2)[nH]c2cc(Cl)ccc12. The largest absolute Gasteiger partial charge is 0.350 e. The molecule has 9 heteroatoms. The quantitative estimate of drug-likeness (QED) is 0.186. The first-order valence-electron chi connectivity index (χ1n) is 15.0. The molecule has 0 spiro atoms. The lowest BCUT2D eigenvalue weighted by Gasteiger charge is -2.24. The van der Waals surface area contributed by atoms with Gasteiger partial charge in [0.25, 0.3) is 5.91 Å². The van der Waals surface area contributed by atoms with Gasteiger partial charge in [0.15, 0.2) is 0 Å². The number of benzene rings is 3. The molecule has 6 aromatic rings. The molecule has 1 atom stereocenters. The molecule has 1 amide bonds. The van der Waals surface area contributed by atoms with Crippen molar-refractivity contribution in [2.75, 3.05) is 5.32 Å². The second kappa shape index (κ2) is 12.0. The molecule has 1 saturated carbocycles. The Labute approximate surface area is 265 Å². The molecule has 3 aromatic carbocycles. The van der Waals surface area contributed by atoms with Crippen molar-refractivity contribution >= 4 is 45.8 Å². The number of carbonyl (C=O) groups is 1. The summed E-state index contributed by atoms with van der Waals surface area (Å²) in [7, 11) is 0. The summed E-state index contributed by atoms with van der Waals surface area (Å²) in [5.74, 6) is 0.437. The fourth-order valence-electron chi connectivity index (χ4n) is 6.41. The Morgan fingerprint density at radius 1 is 0.955 bits per heavy atom. The van der Waals surface area contributed by atoms with Crippen LogP contribution in [0, 0.1) is 0 Å². The fraction of sp³-hybridized carbons (Fsp3) is 0.229. The van der Waals surface area contributed by atoms with Gasteiger partial charge in [-0.3, -0.25) is 4.79 Å². The molecule has 1 fully saturated rings. The van der Waals surface area contributed by atoms with E-state index in [4.69, 9.17) is 28.2 Å². The number of rotatable bonds is 7. The Morgan fingerprint density at radius 3 is 2.48 bits per heavy atom. The Hall–Kier alpha value is -4.33. The van der Waals surface area contributed by atoms with Crippen LogP contribution in [0.5, 0.6) is 0 Å². The van der Waals surface area contributed by atoms with Crippen LogP contribution in [0.4, 0.5) is 5.82 Å². The molecule has 222 valence electrons. The molecule has 3 heterocycles. The number of hydrogen-bond donors (Lipinski definition) is 2. The van der Waals surface area contributed by atoms with E-state index in [2.05, 4.69) is 26.9 Å². The summed E-state index contributed by atoms with van der Waals surface area (Å²) in [6.45, 7) is 2.12. The molecule has 2 N–H and O–H groups in total. The van der Waals surface area contributed by atoms with Crippen LogP contribution in [-0.2, 0) is 0 Å². The van der Waals surface area contributed by atoms with Crippen molar-refractivity contribution in [3.05, 3.63) is 113 Å². The third-order valence-electron chi connectivity index (χ3n) is 8.67.